The highest BCUT2D eigenvalue weighted by Gasteiger charge is 2.42. The second-order valence-corrected chi connectivity index (χ2v) is 7.96. The van der Waals surface area contributed by atoms with Crippen LogP contribution in [0.1, 0.15) is 12.8 Å². The largest absolute Gasteiger partial charge is 0.484 e. The molecule has 0 aliphatic carbocycles. The van der Waals surface area contributed by atoms with E-state index in [2.05, 4.69) is 11.9 Å². The number of ether oxygens (including phenoxy) is 2. The van der Waals surface area contributed by atoms with Crippen LogP contribution in [-0.2, 0) is 14.3 Å². The van der Waals surface area contributed by atoms with Gasteiger partial charge in [0.1, 0.15) is 5.75 Å². The predicted octanol–water partition coefficient (Wildman–Crippen LogP) is 0.845. The molecule has 0 unspecified atom stereocenters. The number of carbonyl (C=O) groups excluding carboxylic acids is 2. The van der Waals surface area contributed by atoms with Crippen LogP contribution >= 0.6 is 0 Å². The predicted molar refractivity (Wildman–Crippen MR) is 104 cm³/mol. The molecule has 0 spiro atoms. The van der Waals surface area contributed by atoms with Crippen LogP contribution in [0.15, 0.2) is 30.3 Å². The molecule has 3 aliphatic rings. The van der Waals surface area contributed by atoms with Gasteiger partial charge >= 0.3 is 0 Å². The fourth-order valence-corrected chi connectivity index (χ4v) is 4.42. The van der Waals surface area contributed by atoms with Gasteiger partial charge in [-0.1, -0.05) is 18.2 Å². The molecule has 2 amide bonds. The molecule has 3 heterocycles. The van der Waals surface area contributed by atoms with Crippen LogP contribution in [0.25, 0.3) is 0 Å². The first-order chi connectivity index (χ1) is 13.6. The van der Waals surface area contributed by atoms with Crippen molar-refractivity contribution >= 4 is 11.8 Å². The summed E-state index contributed by atoms with van der Waals surface area (Å²) in [4.78, 5) is 31.4. The Kier molecular flexibility index (Phi) is 5.82. The summed E-state index contributed by atoms with van der Waals surface area (Å²) in [5.74, 6) is 0.907. The summed E-state index contributed by atoms with van der Waals surface area (Å²) in [5, 5.41) is 0. The molecule has 0 N–H and O–H groups in total. The zero-order chi connectivity index (χ0) is 19.5. The molecule has 7 heteroatoms. The van der Waals surface area contributed by atoms with Gasteiger partial charge in [-0.2, -0.15) is 0 Å². The van der Waals surface area contributed by atoms with Crippen molar-refractivity contribution in [2.75, 3.05) is 53.0 Å². The summed E-state index contributed by atoms with van der Waals surface area (Å²) in [5.41, 5.74) is 0. The lowest BCUT2D eigenvalue weighted by atomic mass is 9.95. The van der Waals surface area contributed by atoms with E-state index in [1.165, 1.54) is 0 Å². The molecule has 7 nitrogen and oxygen atoms in total. The van der Waals surface area contributed by atoms with E-state index in [4.69, 9.17) is 9.47 Å². The zero-order valence-electron chi connectivity index (χ0n) is 16.5. The first-order valence-electron chi connectivity index (χ1n) is 10.2. The van der Waals surface area contributed by atoms with Gasteiger partial charge < -0.3 is 19.3 Å². The van der Waals surface area contributed by atoms with E-state index in [1.807, 2.05) is 40.1 Å². The third-order valence-electron chi connectivity index (χ3n) is 6.19. The van der Waals surface area contributed by atoms with Crippen molar-refractivity contribution in [1.82, 2.24) is 14.7 Å². The number of fused-ring (bicyclic) bond motifs is 1. The van der Waals surface area contributed by atoms with Crippen molar-refractivity contribution in [3.8, 4) is 5.75 Å². The van der Waals surface area contributed by atoms with Crippen LogP contribution in [-0.4, -0.2) is 91.6 Å². The molecule has 1 aromatic rings. The molecule has 0 bridgehead atoms. The van der Waals surface area contributed by atoms with Crippen molar-refractivity contribution in [3.05, 3.63) is 30.3 Å². The number of carbonyl (C=O) groups is 2. The standard InChI is InChI=1S/C21H29N3O4/c1-22-11-12-27-19-14-24(13-18(19)22)21(26)16-7-9-23(10-8-16)20(25)15-28-17-5-3-2-4-6-17/h2-6,16,18-19H,7-15H2,1H3/t18-,19+/m0/s1. The van der Waals surface area contributed by atoms with E-state index >= 15 is 0 Å². The minimum Gasteiger partial charge on any atom is -0.484 e. The Hall–Kier alpha value is -2.12. The van der Waals surface area contributed by atoms with E-state index in [9.17, 15) is 9.59 Å². The van der Waals surface area contributed by atoms with Crippen molar-refractivity contribution in [2.24, 2.45) is 5.92 Å². The van der Waals surface area contributed by atoms with Gasteiger partial charge in [-0.25, -0.2) is 0 Å². The smallest absolute Gasteiger partial charge is 0.260 e. The summed E-state index contributed by atoms with van der Waals surface area (Å²) in [7, 11) is 2.11. The van der Waals surface area contributed by atoms with Gasteiger partial charge in [0.15, 0.2) is 6.61 Å². The summed E-state index contributed by atoms with van der Waals surface area (Å²) >= 11 is 0. The maximum absolute atomic E-state index is 13.0. The zero-order valence-corrected chi connectivity index (χ0v) is 16.5. The van der Waals surface area contributed by atoms with Gasteiger partial charge in [0.05, 0.1) is 18.8 Å². The Balaban J connectivity index is 1.23. The highest BCUT2D eigenvalue weighted by Crippen LogP contribution is 2.26. The molecule has 28 heavy (non-hydrogen) atoms. The van der Waals surface area contributed by atoms with Gasteiger partial charge in [-0.05, 0) is 32.0 Å². The van der Waals surface area contributed by atoms with Gasteiger partial charge in [0.2, 0.25) is 5.91 Å². The molecule has 0 aromatic heterocycles. The Morgan fingerprint density at radius 3 is 2.54 bits per heavy atom. The lowest BCUT2D eigenvalue weighted by molar-refractivity contribution is -0.141. The maximum atomic E-state index is 13.0. The number of hydrogen-bond acceptors (Lipinski definition) is 5. The number of nitrogens with zero attached hydrogens (tertiary/aromatic N) is 3. The Morgan fingerprint density at radius 1 is 1.07 bits per heavy atom. The SMILES string of the molecule is CN1CCO[C@@H]2CN(C(=O)C3CCN(C(=O)COc4ccccc4)CC3)C[C@@H]21. The second kappa shape index (κ2) is 8.49. The Bertz CT molecular complexity index is 690. The molecule has 1 aromatic carbocycles. The summed E-state index contributed by atoms with van der Waals surface area (Å²) in [6, 6.07) is 9.67. The van der Waals surface area contributed by atoms with Gasteiger partial charge in [-0.3, -0.25) is 14.5 Å². The number of piperidine rings is 1. The molecule has 0 radical (unpaired) electrons. The molecule has 3 saturated heterocycles. The van der Waals surface area contributed by atoms with Gasteiger partial charge in [0, 0.05) is 38.6 Å². The van der Waals surface area contributed by atoms with Crippen molar-refractivity contribution in [1.29, 1.82) is 0 Å². The van der Waals surface area contributed by atoms with E-state index in [0.717, 1.165) is 32.5 Å². The third-order valence-corrected chi connectivity index (χ3v) is 6.19. The summed E-state index contributed by atoms with van der Waals surface area (Å²) in [6.45, 7) is 4.39. The number of hydrogen-bond donors (Lipinski definition) is 0. The van der Waals surface area contributed by atoms with Crippen molar-refractivity contribution in [3.63, 3.8) is 0 Å². The molecule has 152 valence electrons. The Labute approximate surface area is 166 Å². The van der Waals surface area contributed by atoms with E-state index in [0.29, 0.717) is 31.4 Å². The summed E-state index contributed by atoms with van der Waals surface area (Å²) < 4.78 is 11.4. The van der Waals surface area contributed by atoms with Crippen LogP contribution in [0.3, 0.4) is 0 Å². The highest BCUT2D eigenvalue weighted by atomic mass is 16.5. The van der Waals surface area contributed by atoms with E-state index in [-0.39, 0.29) is 30.4 Å². The number of para-hydroxylation sites is 1. The number of rotatable bonds is 4. The normalized spacial score (nSPS) is 26.2. The lowest BCUT2D eigenvalue weighted by Crippen LogP contribution is -2.48. The van der Waals surface area contributed by atoms with Crippen molar-refractivity contribution < 1.29 is 19.1 Å². The average Bonchev–Trinajstić information content (AvgIpc) is 3.18. The lowest BCUT2D eigenvalue weighted by Gasteiger charge is -2.33. The first-order valence-corrected chi connectivity index (χ1v) is 10.2. The number of benzene rings is 1. The van der Waals surface area contributed by atoms with Crippen LogP contribution in [0, 0.1) is 5.92 Å². The molecule has 0 saturated carbocycles. The monoisotopic (exact) mass is 387 g/mol. The molecule has 3 fully saturated rings. The molecule has 4 rings (SSSR count). The first kappa shape index (κ1) is 19.2. The molecular formula is C21H29N3O4. The molecule has 3 aliphatic heterocycles. The minimum absolute atomic E-state index is 0.00421. The molecular weight excluding hydrogens is 358 g/mol. The quantitative estimate of drug-likeness (QED) is 0.766. The number of likely N-dealkylation sites (N-methyl/N-ethyl adjacent to an activating group) is 1. The number of amides is 2. The average molecular weight is 387 g/mol. The van der Waals surface area contributed by atoms with Crippen LogP contribution in [0.2, 0.25) is 0 Å². The molecule has 2 atom stereocenters. The third kappa shape index (κ3) is 4.15. The fraction of sp³-hybridized carbons (Fsp3) is 0.619. The number of likely N-dealkylation sites (tertiary alicyclic amines) is 2. The second-order valence-electron chi connectivity index (χ2n) is 7.96. The van der Waals surface area contributed by atoms with E-state index < -0.39 is 0 Å². The topological polar surface area (TPSA) is 62.3 Å². The van der Waals surface area contributed by atoms with E-state index in [1.54, 1.807) is 0 Å². The maximum Gasteiger partial charge on any atom is 0.260 e. The van der Waals surface area contributed by atoms with Gasteiger partial charge in [-0.15, -0.1) is 0 Å². The van der Waals surface area contributed by atoms with Crippen LogP contribution in [0.5, 0.6) is 5.75 Å². The fourth-order valence-electron chi connectivity index (χ4n) is 4.42. The van der Waals surface area contributed by atoms with Crippen LogP contribution < -0.4 is 4.74 Å². The van der Waals surface area contributed by atoms with Gasteiger partial charge in [0.25, 0.3) is 5.91 Å². The summed E-state index contributed by atoms with van der Waals surface area (Å²) in [6.07, 6.45) is 1.58. The number of morpholine rings is 1. The highest BCUT2D eigenvalue weighted by molar-refractivity contribution is 5.81. The van der Waals surface area contributed by atoms with Crippen LogP contribution in [0.4, 0.5) is 0 Å². The minimum atomic E-state index is -0.0167. The van der Waals surface area contributed by atoms with Crippen molar-refractivity contribution in [2.45, 2.75) is 25.0 Å². The Morgan fingerprint density at radius 2 is 1.82 bits per heavy atom.